The summed E-state index contributed by atoms with van der Waals surface area (Å²) in [5.41, 5.74) is -2.10. The van der Waals surface area contributed by atoms with Gasteiger partial charge in [0.1, 0.15) is 5.75 Å². The first-order valence-corrected chi connectivity index (χ1v) is 8.06. The summed E-state index contributed by atoms with van der Waals surface area (Å²) in [6, 6.07) is 5.79. The smallest absolute Gasteiger partial charge is 0.225 e. The van der Waals surface area contributed by atoms with Crippen molar-refractivity contribution in [3.8, 4) is 5.75 Å². The third kappa shape index (κ3) is 4.34. The third-order valence-corrected chi connectivity index (χ3v) is 4.65. The fourth-order valence-electron chi connectivity index (χ4n) is 1.52. The molecular weight excluding hydrogens is 279 g/mol. The third-order valence-electron chi connectivity index (χ3n) is 2.78. The zero-order valence-corrected chi connectivity index (χ0v) is 12.9. The molecule has 0 aliphatic carbocycles. The lowest BCUT2D eigenvalue weighted by molar-refractivity contribution is 0.289. The molecule has 0 bridgehead atoms. The summed E-state index contributed by atoms with van der Waals surface area (Å²) >= 11 is 0. The van der Waals surface area contributed by atoms with Crippen LogP contribution in [0.3, 0.4) is 0 Å². The minimum atomic E-state index is -4.01. The number of halogens is 1. The molecule has 0 aromatic heterocycles. The summed E-state index contributed by atoms with van der Waals surface area (Å²) in [5.74, 6) is 1.12. The lowest BCUT2D eigenvalue weighted by Crippen LogP contribution is -2.17. The highest BCUT2D eigenvalue weighted by Crippen LogP contribution is 2.23. The van der Waals surface area contributed by atoms with Gasteiger partial charge in [-0.15, -0.1) is 0 Å². The van der Waals surface area contributed by atoms with E-state index in [-0.39, 0.29) is 10.5 Å². The normalized spacial score (nSPS) is 13.2. The molecule has 0 radical (unpaired) electrons. The second-order valence-electron chi connectivity index (χ2n) is 5.21. The highest BCUT2D eigenvalue weighted by molar-refractivity contribution is 7.92. The number of sulfone groups is 1. The monoisotopic (exact) mass is 300 g/mol. The van der Waals surface area contributed by atoms with Gasteiger partial charge in [-0.05, 0) is 49.1 Å². The van der Waals surface area contributed by atoms with Crippen LogP contribution >= 0.6 is 0 Å². The largest absolute Gasteiger partial charge is 0.494 e. The Morgan fingerprint density at radius 2 is 1.85 bits per heavy atom. The van der Waals surface area contributed by atoms with E-state index in [9.17, 15) is 12.8 Å². The van der Waals surface area contributed by atoms with Crippen molar-refractivity contribution in [3.63, 3.8) is 0 Å². The molecule has 1 atom stereocenters. The van der Waals surface area contributed by atoms with Gasteiger partial charge in [0.05, 0.1) is 11.5 Å². The van der Waals surface area contributed by atoms with E-state index in [1.807, 2.05) is 0 Å². The number of alkyl halides is 1. The first-order valence-electron chi connectivity index (χ1n) is 6.51. The van der Waals surface area contributed by atoms with E-state index in [4.69, 9.17) is 4.74 Å². The Labute approximate surface area is 120 Å². The summed E-state index contributed by atoms with van der Waals surface area (Å²) in [4.78, 5) is -0.0655. The summed E-state index contributed by atoms with van der Waals surface area (Å²) < 4.78 is 43.0. The second kappa shape index (κ2) is 6.88. The maximum absolute atomic E-state index is 13.7. The maximum Gasteiger partial charge on any atom is 0.225 e. The highest BCUT2D eigenvalue weighted by Gasteiger charge is 2.27. The molecule has 0 N–H and O–H groups in total. The standard InChI is InChI=1S/C15H21FO3S/c1-11(2)9-10-19-13-5-7-14(8-6-13)20(17,18)15(16)12(3)4/h5-8,11,15H,3,9-10H2,1-2,4H3. The Morgan fingerprint density at radius 1 is 1.30 bits per heavy atom. The first kappa shape index (κ1) is 16.7. The van der Waals surface area contributed by atoms with Gasteiger partial charge in [-0.1, -0.05) is 20.4 Å². The number of hydrogen-bond acceptors (Lipinski definition) is 3. The van der Waals surface area contributed by atoms with Crippen LogP contribution in [0.1, 0.15) is 27.2 Å². The predicted molar refractivity (Wildman–Crippen MR) is 78.3 cm³/mol. The van der Waals surface area contributed by atoms with Gasteiger partial charge in [0.25, 0.3) is 0 Å². The van der Waals surface area contributed by atoms with Gasteiger partial charge in [0.2, 0.25) is 15.3 Å². The molecule has 0 amide bonds. The summed E-state index contributed by atoms with van der Waals surface area (Å²) in [6.45, 7) is 9.46. The Morgan fingerprint density at radius 3 is 2.30 bits per heavy atom. The van der Waals surface area contributed by atoms with Crippen molar-refractivity contribution >= 4 is 9.84 Å². The molecule has 1 aromatic carbocycles. The molecule has 0 fully saturated rings. The van der Waals surface area contributed by atoms with E-state index in [0.717, 1.165) is 6.42 Å². The van der Waals surface area contributed by atoms with Gasteiger partial charge in [-0.25, -0.2) is 12.8 Å². The van der Waals surface area contributed by atoms with Gasteiger partial charge in [0, 0.05) is 0 Å². The average molecular weight is 300 g/mol. The molecule has 0 spiro atoms. The van der Waals surface area contributed by atoms with Crippen LogP contribution in [-0.2, 0) is 9.84 Å². The Kier molecular flexibility index (Phi) is 5.74. The van der Waals surface area contributed by atoms with E-state index in [0.29, 0.717) is 18.3 Å². The van der Waals surface area contributed by atoms with Crippen molar-refractivity contribution in [2.75, 3.05) is 6.61 Å². The lowest BCUT2D eigenvalue weighted by Gasteiger charge is -2.11. The minimum Gasteiger partial charge on any atom is -0.494 e. The highest BCUT2D eigenvalue weighted by atomic mass is 32.2. The van der Waals surface area contributed by atoms with Gasteiger partial charge >= 0.3 is 0 Å². The fraction of sp³-hybridized carbons (Fsp3) is 0.467. The first-order chi connectivity index (χ1) is 9.25. The quantitative estimate of drug-likeness (QED) is 0.720. The molecule has 5 heteroatoms. The van der Waals surface area contributed by atoms with Crippen LogP contribution in [-0.4, -0.2) is 20.5 Å². The molecule has 0 saturated carbocycles. The average Bonchev–Trinajstić information content (AvgIpc) is 2.37. The van der Waals surface area contributed by atoms with Gasteiger partial charge in [-0.3, -0.25) is 0 Å². The predicted octanol–water partition coefficient (Wildman–Crippen LogP) is 3.76. The van der Waals surface area contributed by atoms with E-state index in [2.05, 4.69) is 20.4 Å². The zero-order valence-electron chi connectivity index (χ0n) is 12.1. The van der Waals surface area contributed by atoms with E-state index >= 15 is 0 Å². The topological polar surface area (TPSA) is 43.4 Å². The second-order valence-corrected chi connectivity index (χ2v) is 7.19. The minimum absolute atomic E-state index is 0.0257. The molecule has 20 heavy (non-hydrogen) atoms. The van der Waals surface area contributed by atoms with Crippen molar-refractivity contribution in [1.29, 1.82) is 0 Å². The van der Waals surface area contributed by atoms with E-state index < -0.39 is 15.3 Å². The Bertz CT molecular complexity index is 547. The SMILES string of the molecule is C=C(C)C(F)S(=O)(=O)c1ccc(OCCC(C)C)cc1. The van der Waals surface area contributed by atoms with Crippen LogP contribution in [0.25, 0.3) is 0 Å². The van der Waals surface area contributed by atoms with Crippen LogP contribution < -0.4 is 4.74 Å². The lowest BCUT2D eigenvalue weighted by atomic mass is 10.1. The van der Waals surface area contributed by atoms with Crippen LogP contribution in [0.4, 0.5) is 4.39 Å². The van der Waals surface area contributed by atoms with Crippen molar-refractivity contribution in [2.45, 2.75) is 37.6 Å². The van der Waals surface area contributed by atoms with Gasteiger partial charge in [0.15, 0.2) is 0 Å². The molecule has 3 nitrogen and oxygen atoms in total. The van der Waals surface area contributed by atoms with Crippen molar-refractivity contribution < 1.29 is 17.5 Å². The Hall–Kier alpha value is -1.36. The molecule has 0 aliphatic rings. The van der Waals surface area contributed by atoms with Crippen molar-refractivity contribution in [2.24, 2.45) is 5.92 Å². The molecule has 1 aromatic rings. The summed E-state index contributed by atoms with van der Waals surface area (Å²) in [5, 5.41) is 0. The number of rotatable bonds is 7. The van der Waals surface area contributed by atoms with Crippen molar-refractivity contribution in [3.05, 3.63) is 36.4 Å². The van der Waals surface area contributed by atoms with Gasteiger partial charge < -0.3 is 4.74 Å². The maximum atomic E-state index is 13.7. The van der Waals surface area contributed by atoms with E-state index in [1.54, 1.807) is 12.1 Å². The summed E-state index contributed by atoms with van der Waals surface area (Å²) in [7, 11) is -4.01. The van der Waals surface area contributed by atoms with Crippen LogP contribution in [0.2, 0.25) is 0 Å². The fourth-order valence-corrected chi connectivity index (χ4v) is 2.81. The number of ether oxygens (including phenoxy) is 1. The molecule has 112 valence electrons. The Balaban J connectivity index is 2.78. The van der Waals surface area contributed by atoms with Crippen LogP contribution in [0.15, 0.2) is 41.3 Å². The van der Waals surface area contributed by atoms with Gasteiger partial charge in [-0.2, -0.15) is 0 Å². The molecule has 0 aliphatic heterocycles. The van der Waals surface area contributed by atoms with Crippen LogP contribution in [0.5, 0.6) is 5.75 Å². The number of benzene rings is 1. The molecular formula is C15H21FO3S. The molecule has 1 unspecified atom stereocenters. The van der Waals surface area contributed by atoms with Crippen molar-refractivity contribution in [1.82, 2.24) is 0 Å². The zero-order chi connectivity index (χ0) is 15.3. The van der Waals surface area contributed by atoms with Crippen LogP contribution in [0, 0.1) is 5.92 Å². The number of hydrogen-bond donors (Lipinski definition) is 0. The molecule has 0 heterocycles. The molecule has 0 saturated heterocycles. The summed E-state index contributed by atoms with van der Waals surface area (Å²) in [6.07, 6.45) is 0.919. The van der Waals surface area contributed by atoms with E-state index in [1.165, 1.54) is 19.1 Å². The molecule has 1 rings (SSSR count).